The van der Waals surface area contributed by atoms with E-state index in [1.165, 1.54) is 0 Å². The third-order valence-electron chi connectivity index (χ3n) is 2.30. The number of nitrogens with one attached hydrogen (secondary N) is 1. The van der Waals surface area contributed by atoms with E-state index >= 15 is 0 Å². The SMILES string of the molecule is S=c1[nH]nc(-c2cccs2)n1Cc1cscn1. The summed E-state index contributed by atoms with van der Waals surface area (Å²) in [5, 5.41) is 11.2. The van der Waals surface area contributed by atoms with E-state index in [9.17, 15) is 0 Å². The Morgan fingerprint density at radius 3 is 3.12 bits per heavy atom. The van der Waals surface area contributed by atoms with E-state index in [1.54, 1.807) is 22.7 Å². The van der Waals surface area contributed by atoms with Crippen LogP contribution in [0.2, 0.25) is 0 Å². The van der Waals surface area contributed by atoms with Crippen LogP contribution in [0, 0.1) is 4.77 Å². The van der Waals surface area contributed by atoms with Crippen LogP contribution >= 0.6 is 34.9 Å². The van der Waals surface area contributed by atoms with Gasteiger partial charge >= 0.3 is 0 Å². The molecule has 0 atom stereocenters. The van der Waals surface area contributed by atoms with Gasteiger partial charge < -0.3 is 0 Å². The van der Waals surface area contributed by atoms with Gasteiger partial charge in [-0.1, -0.05) is 6.07 Å². The van der Waals surface area contributed by atoms with Crippen molar-refractivity contribution in [2.75, 3.05) is 0 Å². The highest BCUT2D eigenvalue weighted by Gasteiger charge is 2.10. The van der Waals surface area contributed by atoms with Gasteiger partial charge in [0.15, 0.2) is 10.6 Å². The molecule has 0 saturated heterocycles. The van der Waals surface area contributed by atoms with Crippen molar-refractivity contribution >= 4 is 34.9 Å². The molecule has 0 aliphatic carbocycles. The maximum atomic E-state index is 5.25. The zero-order valence-corrected chi connectivity index (χ0v) is 11.1. The average molecular weight is 280 g/mol. The standard InChI is InChI=1S/C10H8N4S3/c15-10-13-12-9(8-2-1-3-17-8)14(10)4-7-5-16-6-11-7/h1-3,5-6H,4H2,(H,13,15). The second-order valence-corrected chi connectivity index (χ2v) is 5.45. The first-order valence-electron chi connectivity index (χ1n) is 4.91. The predicted molar refractivity (Wildman–Crippen MR) is 71.9 cm³/mol. The van der Waals surface area contributed by atoms with Crippen LogP contribution in [0.1, 0.15) is 5.69 Å². The summed E-state index contributed by atoms with van der Waals surface area (Å²) in [5.74, 6) is 0.873. The number of nitrogens with zero attached hydrogens (tertiary/aromatic N) is 3. The highest BCUT2D eigenvalue weighted by Crippen LogP contribution is 2.23. The fraction of sp³-hybridized carbons (Fsp3) is 0.100. The second kappa shape index (κ2) is 4.52. The van der Waals surface area contributed by atoms with Gasteiger partial charge in [-0.25, -0.2) is 4.98 Å². The molecule has 1 N–H and O–H groups in total. The molecule has 3 aromatic heterocycles. The Morgan fingerprint density at radius 1 is 1.47 bits per heavy atom. The molecule has 0 spiro atoms. The smallest absolute Gasteiger partial charge is 0.195 e. The highest BCUT2D eigenvalue weighted by atomic mass is 32.1. The number of aromatic nitrogens is 4. The second-order valence-electron chi connectivity index (χ2n) is 3.40. The lowest BCUT2D eigenvalue weighted by molar-refractivity contribution is 0.774. The molecule has 3 rings (SSSR count). The van der Waals surface area contributed by atoms with Gasteiger partial charge in [-0.3, -0.25) is 9.67 Å². The molecular formula is C10H8N4S3. The van der Waals surface area contributed by atoms with Crippen LogP contribution < -0.4 is 0 Å². The van der Waals surface area contributed by atoms with Gasteiger partial charge in [0, 0.05) is 5.38 Å². The zero-order chi connectivity index (χ0) is 11.7. The van der Waals surface area contributed by atoms with Crippen molar-refractivity contribution in [3.05, 3.63) is 38.9 Å². The van der Waals surface area contributed by atoms with Crippen molar-refractivity contribution in [3.8, 4) is 10.7 Å². The van der Waals surface area contributed by atoms with E-state index in [4.69, 9.17) is 12.2 Å². The maximum absolute atomic E-state index is 5.25. The number of H-pyrrole nitrogens is 1. The van der Waals surface area contributed by atoms with Crippen molar-refractivity contribution in [1.29, 1.82) is 0 Å². The fourth-order valence-electron chi connectivity index (χ4n) is 1.54. The Kier molecular flexibility index (Phi) is 2.87. The monoisotopic (exact) mass is 280 g/mol. The van der Waals surface area contributed by atoms with Crippen molar-refractivity contribution in [3.63, 3.8) is 0 Å². The first-order valence-corrected chi connectivity index (χ1v) is 7.14. The first kappa shape index (κ1) is 10.8. The normalized spacial score (nSPS) is 10.8. The van der Waals surface area contributed by atoms with Crippen LogP contribution in [-0.2, 0) is 6.54 Å². The molecule has 86 valence electrons. The Labute approximate surface area is 111 Å². The molecule has 7 heteroatoms. The number of thiazole rings is 1. The molecule has 0 amide bonds. The summed E-state index contributed by atoms with van der Waals surface area (Å²) in [6.45, 7) is 0.659. The third kappa shape index (κ3) is 2.08. The molecule has 0 aliphatic heterocycles. The lowest BCUT2D eigenvalue weighted by Gasteiger charge is -2.02. The van der Waals surface area contributed by atoms with Gasteiger partial charge in [-0.15, -0.1) is 22.7 Å². The summed E-state index contributed by atoms with van der Waals surface area (Å²) in [6.07, 6.45) is 0. The molecular weight excluding hydrogens is 272 g/mol. The number of hydrogen-bond donors (Lipinski definition) is 1. The van der Waals surface area contributed by atoms with E-state index in [0.29, 0.717) is 11.3 Å². The van der Waals surface area contributed by atoms with E-state index in [2.05, 4.69) is 15.2 Å². The Balaban J connectivity index is 2.04. The molecule has 3 aromatic rings. The molecule has 0 aromatic carbocycles. The molecule has 0 radical (unpaired) electrons. The number of thiophene rings is 1. The van der Waals surface area contributed by atoms with Gasteiger partial charge in [0.25, 0.3) is 0 Å². The quantitative estimate of drug-likeness (QED) is 0.750. The molecule has 0 unspecified atom stereocenters. The topological polar surface area (TPSA) is 46.5 Å². The fourth-order valence-corrected chi connectivity index (χ4v) is 3.00. The van der Waals surface area contributed by atoms with E-state index in [-0.39, 0.29) is 0 Å². The van der Waals surface area contributed by atoms with Gasteiger partial charge in [0.05, 0.1) is 22.6 Å². The van der Waals surface area contributed by atoms with Crippen molar-refractivity contribution < 1.29 is 0 Å². The summed E-state index contributed by atoms with van der Waals surface area (Å²) in [7, 11) is 0. The third-order valence-corrected chi connectivity index (χ3v) is 4.12. The minimum atomic E-state index is 0.626. The average Bonchev–Trinajstić information content (AvgIpc) is 3.03. The van der Waals surface area contributed by atoms with Crippen molar-refractivity contribution in [2.45, 2.75) is 6.54 Å². The Morgan fingerprint density at radius 2 is 2.41 bits per heavy atom. The van der Waals surface area contributed by atoms with Crippen LogP contribution in [0.25, 0.3) is 10.7 Å². The van der Waals surface area contributed by atoms with Crippen LogP contribution in [-0.4, -0.2) is 19.7 Å². The summed E-state index contributed by atoms with van der Waals surface area (Å²) in [5.41, 5.74) is 2.83. The van der Waals surface area contributed by atoms with Crippen LogP contribution in [0.3, 0.4) is 0 Å². The van der Waals surface area contributed by atoms with Crippen molar-refractivity contribution in [1.82, 2.24) is 19.7 Å². The minimum Gasteiger partial charge on any atom is -0.293 e. The van der Waals surface area contributed by atoms with Crippen LogP contribution in [0.4, 0.5) is 0 Å². The maximum Gasteiger partial charge on any atom is 0.195 e. The van der Waals surface area contributed by atoms with Crippen LogP contribution in [0.15, 0.2) is 28.4 Å². The van der Waals surface area contributed by atoms with E-state index < -0.39 is 0 Å². The number of hydrogen-bond acceptors (Lipinski definition) is 5. The number of rotatable bonds is 3. The van der Waals surface area contributed by atoms with Crippen molar-refractivity contribution in [2.24, 2.45) is 0 Å². The lowest BCUT2D eigenvalue weighted by atomic mass is 10.4. The Bertz CT molecular complexity index is 648. The van der Waals surface area contributed by atoms with Gasteiger partial charge in [0.2, 0.25) is 0 Å². The lowest BCUT2D eigenvalue weighted by Crippen LogP contribution is -2.01. The minimum absolute atomic E-state index is 0.626. The first-order chi connectivity index (χ1) is 8.34. The largest absolute Gasteiger partial charge is 0.293 e. The summed E-state index contributed by atoms with van der Waals surface area (Å²) in [6, 6.07) is 4.04. The van der Waals surface area contributed by atoms with E-state index in [0.717, 1.165) is 16.4 Å². The summed E-state index contributed by atoms with van der Waals surface area (Å²) in [4.78, 5) is 5.37. The molecule has 4 nitrogen and oxygen atoms in total. The predicted octanol–water partition coefficient (Wildman–Crippen LogP) is 3.17. The highest BCUT2D eigenvalue weighted by molar-refractivity contribution is 7.71. The molecule has 3 heterocycles. The molecule has 0 aliphatic rings. The van der Waals surface area contributed by atoms with E-state index in [1.807, 2.05) is 33.0 Å². The van der Waals surface area contributed by atoms with Gasteiger partial charge in [0.1, 0.15) is 0 Å². The summed E-state index contributed by atoms with van der Waals surface area (Å²) >= 11 is 8.48. The summed E-state index contributed by atoms with van der Waals surface area (Å²) < 4.78 is 2.59. The zero-order valence-electron chi connectivity index (χ0n) is 8.66. The molecule has 0 bridgehead atoms. The number of aromatic amines is 1. The molecule has 0 fully saturated rings. The molecule has 0 saturated carbocycles. The van der Waals surface area contributed by atoms with Crippen LogP contribution in [0.5, 0.6) is 0 Å². The van der Waals surface area contributed by atoms with Gasteiger partial charge in [-0.2, -0.15) is 5.10 Å². The Hall–Kier alpha value is -1.31. The van der Waals surface area contributed by atoms with Gasteiger partial charge in [-0.05, 0) is 23.7 Å². The molecule has 17 heavy (non-hydrogen) atoms.